The van der Waals surface area contributed by atoms with Crippen LogP contribution < -0.4 is 5.73 Å². The lowest BCUT2D eigenvalue weighted by atomic mass is 10.1. The van der Waals surface area contributed by atoms with Crippen molar-refractivity contribution in [1.82, 2.24) is 4.37 Å². The Hall–Kier alpha value is -2.18. The van der Waals surface area contributed by atoms with Gasteiger partial charge in [0.05, 0.1) is 22.8 Å². The second-order valence-corrected chi connectivity index (χ2v) is 5.25. The van der Waals surface area contributed by atoms with Gasteiger partial charge in [-0.3, -0.25) is 4.99 Å². The fraction of sp³-hybridized carbons (Fsp3) is 0.0714. The van der Waals surface area contributed by atoms with Gasteiger partial charge < -0.3 is 10.8 Å². The maximum Gasteiger partial charge on any atom is 0.134 e. The molecule has 2 rings (SSSR count). The van der Waals surface area contributed by atoms with Crippen LogP contribution in [-0.2, 0) is 0 Å². The smallest absolute Gasteiger partial charge is 0.134 e. The maximum absolute atomic E-state index is 9.52. The molecule has 0 radical (unpaired) electrons. The Morgan fingerprint density at radius 3 is 2.67 bits per heavy atom. The quantitative estimate of drug-likeness (QED) is 0.669. The van der Waals surface area contributed by atoms with Crippen LogP contribution in [0.5, 0.6) is 5.75 Å². The minimum absolute atomic E-state index is 0.00101. The fourth-order valence-corrected chi connectivity index (χ4v) is 2.41. The number of aromatic nitrogens is 1. The van der Waals surface area contributed by atoms with E-state index < -0.39 is 0 Å². The molecule has 0 amide bonds. The Morgan fingerprint density at radius 1 is 1.38 bits per heavy atom. The van der Waals surface area contributed by atoms with E-state index in [-0.39, 0.29) is 10.8 Å². The third-order valence-electron chi connectivity index (χ3n) is 2.60. The zero-order chi connectivity index (χ0) is 15.4. The number of nitrogens with zero attached hydrogens (tertiary/aromatic N) is 3. The Morgan fingerprint density at radius 2 is 2.14 bits per heavy atom. The highest BCUT2D eigenvalue weighted by Gasteiger charge is 2.13. The van der Waals surface area contributed by atoms with Gasteiger partial charge >= 0.3 is 0 Å². The fourth-order valence-electron chi connectivity index (χ4n) is 1.71. The Kier molecular flexibility index (Phi) is 4.72. The van der Waals surface area contributed by atoms with Gasteiger partial charge in [0.2, 0.25) is 0 Å². The van der Waals surface area contributed by atoms with E-state index in [0.29, 0.717) is 22.8 Å². The van der Waals surface area contributed by atoms with Crippen LogP contribution in [0.25, 0.3) is 11.4 Å². The average Bonchev–Trinajstić information content (AvgIpc) is 2.96. The van der Waals surface area contributed by atoms with E-state index in [0.717, 1.165) is 5.56 Å². The first-order valence-electron chi connectivity index (χ1n) is 5.93. The van der Waals surface area contributed by atoms with Gasteiger partial charge in [0.25, 0.3) is 0 Å². The monoisotopic (exact) mass is 320 g/mol. The van der Waals surface area contributed by atoms with Crippen LogP contribution >= 0.6 is 23.1 Å². The number of halogens is 1. The SMILES string of the molecule is C=N/C(=C(\N=C(/C)N)c1cnsc1)c1ccc(O)c(Cl)c1. The van der Waals surface area contributed by atoms with E-state index in [1.807, 2.05) is 5.38 Å². The topological polar surface area (TPSA) is 83.9 Å². The van der Waals surface area contributed by atoms with Gasteiger partial charge in [-0.25, -0.2) is 9.37 Å². The predicted molar refractivity (Wildman–Crippen MR) is 88.9 cm³/mol. The molecule has 0 atom stereocenters. The molecule has 5 nitrogen and oxygen atoms in total. The Labute approximate surface area is 131 Å². The van der Waals surface area contributed by atoms with Crippen molar-refractivity contribution < 1.29 is 5.11 Å². The molecule has 0 fully saturated rings. The summed E-state index contributed by atoms with van der Waals surface area (Å²) in [4.78, 5) is 8.36. The molecule has 0 unspecified atom stereocenters. The van der Waals surface area contributed by atoms with Gasteiger partial charge in [-0.15, -0.1) is 0 Å². The van der Waals surface area contributed by atoms with Crippen molar-refractivity contribution in [1.29, 1.82) is 0 Å². The van der Waals surface area contributed by atoms with Gasteiger partial charge in [0, 0.05) is 16.5 Å². The molecule has 0 aliphatic carbocycles. The zero-order valence-corrected chi connectivity index (χ0v) is 12.8. The molecule has 21 heavy (non-hydrogen) atoms. The molecule has 2 aromatic rings. The molecule has 0 aliphatic rings. The second kappa shape index (κ2) is 6.51. The Balaban J connectivity index is 2.69. The standard InChI is InChI=1S/C14H13ClN4OS/c1-8(16)19-14(10-6-18-21-7-10)13(17-2)9-3-4-12(20)11(15)5-9/h3-7,20H,2H2,1H3,(H2,16,19)/b14-13-. The number of phenols is 1. The van der Waals surface area contributed by atoms with Crippen molar-refractivity contribution in [2.24, 2.45) is 15.7 Å². The van der Waals surface area contributed by atoms with Crippen molar-refractivity contribution in [3.05, 3.63) is 45.9 Å². The molecule has 3 N–H and O–H groups in total. The lowest BCUT2D eigenvalue weighted by Crippen LogP contribution is -2.05. The van der Waals surface area contributed by atoms with Gasteiger partial charge in [-0.1, -0.05) is 11.6 Å². The number of nitrogens with two attached hydrogens (primary N) is 1. The summed E-state index contributed by atoms with van der Waals surface area (Å²) >= 11 is 7.25. The van der Waals surface area contributed by atoms with E-state index in [2.05, 4.69) is 21.1 Å². The number of benzene rings is 1. The van der Waals surface area contributed by atoms with Crippen LogP contribution in [0.1, 0.15) is 18.1 Å². The molecule has 1 heterocycles. The van der Waals surface area contributed by atoms with Crippen LogP contribution in [0, 0.1) is 0 Å². The highest BCUT2D eigenvalue weighted by Crippen LogP contribution is 2.33. The lowest BCUT2D eigenvalue weighted by molar-refractivity contribution is 0.475. The molecule has 1 aromatic carbocycles. The summed E-state index contributed by atoms with van der Waals surface area (Å²) < 4.78 is 4.06. The van der Waals surface area contributed by atoms with Crippen LogP contribution in [0.4, 0.5) is 0 Å². The van der Waals surface area contributed by atoms with Crippen LogP contribution in [0.2, 0.25) is 5.02 Å². The van der Waals surface area contributed by atoms with Gasteiger partial charge in [-0.2, -0.15) is 0 Å². The van der Waals surface area contributed by atoms with Crippen LogP contribution in [0.15, 0.2) is 39.8 Å². The minimum atomic E-state index is 0.00101. The number of amidine groups is 1. The van der Waals surface area contributed by atoms with Crippen molar-refractivity contribution in [3.63, 3.8) is 0 Å². The average molecular weight is 321 g/mol. The molecule has 0 bridgehead atoms. The summed E-state index contributed by atoms with van der Waals surface area (Å²) in [7, 11) is 0. The summed E-state index contributed by atoms with van der Waals surface area (Å²) in [6, 6.07) is 4.78. The zero-order valence-electron chi connectivity index (χ0n) is 11.2. The number of hydrogen-bond acceptors (Lipinski definition) is 5. The number of aliphatic imine (C=N–C) groups is 2. The molecule has 0 spiro atoms. The van der Waals surface area contributed by atoms with Crippen molar-refractivity contribution in [2.45, 2.75) is 6.92 Å². The lowest BCUT2D eigenvalue weighted by Gasteiger charge is -2.08. The van der Waals surface area contributed by atoms with E-state index in [1.165, 1.54) is 17.6 Å². The molecule has 1 aromatic heterocycles. The highest BCUT2D eigenvalue weighted by molar-refractivity contribution is 7.03. The number of rotatable bonds is 4. The number of phenolic OH excluding ortho intramolecular Hbond substituents is 1. The summed E-state index contributed by atoms with van der Waals surface area (Å²) in [5, 5.41) is 11.6. The van der Waals surface area contributed by atoms with E-state index in [9.17, 15) is 5.11 Å². The summed E-state index contributed by atoms with van der Waals surface area (Å²) in [6.45, 7) is 5.27. The van der Waals surface area contributed by atoms with Crippen LogP contribution in [-0.4, -0.2) is 22.0 Å². The first kappa shape index (κ1) is 15.2. The van der Waals surface area contributed by atoms with Gasteiger partial charge in [-0.05, 0) is 43.4 Å². The molecular weight excluding hydrogens is 308 g/mol. The molecular formula is C14H13ClN4OS. The molecule has 0 saturated heterocycles. The third-order valence-corrected chi connectivity index (χ3v) is 3.49. The van der Waals surface area contributed by atoms with Crippen molar-refractivity contribution >= 4 is 47.1 Å². The van der Waals surface area contributed by atoms with Gasteiger partial charge in [0.15, 0.2) is 0 Å². The largest absolute Gasteiger partial charge is 0.506 e. The van der Waals surface area contributed by atoms with E-state index in [4.69, 9.17) is 17.3 Å². The molecule has 0 saturated carbocycles. The molecule has 108 valence electrons. The first-order chi connectivity index (χ1) is 10.0. The maximum atomic E-state index is 9.52. The first-order valence-corrected chi connectivity index (χ1v) is 7.14. The van der Waals surface area contributed by atoms with Crippen molar-refractivity contribution in [3.8, 4) is 5.75 Å². The summed E-state index contributed by atoms with van der Waals surface area (Å²) in [6.07, 6.45) is 1.68. The second-order valence-electron chi connectivity index (χ2n) is 4.19. The number of hydrogen-bond donors (Lipinski definition) is 2. The third kappa shape index (κ3) is 3.48. The highest BCUT2D eigenvalue weighted by atomic mass is 35.5. The predicted octanol–water partition coefficient (Wildman–Crippen LogP) is 3.41. The minimum Gasteiger partial charge on any atom is -0.506 e. The summed E-state index contributed by atoms with van der Waals surface area (Å²) in [5.74, 6) is 0.392. The molecule has 0 aliphatic heterocycles. The van der Waals surface area contributed by atoms with Crippen molar-refractivity contribution in [2.75, 3.05) is 0 Å². The molecule has 7 heteroatoms. The van der Waals surface area contributed by atoms with E-state index >= 15 is 0 Å². The summed E-state index contributed by atoms with van der Waals surface area (Å²) in [5.41, 5.74) is 8.23. The van der Waals surface area contributed by atoms with Gasteiger partial charge in [0.1, 0.15) is 11.4 Å². The normalized spacial score (nSPS) is 13.0. The van der Waals surface area contributed by atoms with Crippen LogP contribution in [0.3, 0.4) is 0 Å². The number of aromatic hydroxyl groups is 1. The van der Waals surface area contributed by atoms with E-state index in [1.54, 1.807) is 25.3 Å². The Bertz CT molecular complexity index is 719.